The van der Waals surface area contributed by atoms with E-state index in [2.05, 4.69) is 64.4 Å². The molecule has 52 heavy (non-hydrogen) atoms. The molecule has 0 N–H and O–H groups in total. The summed E-state index contributed by atoms with van der Waals surface area (Å²) in [6, 6.07) is 4.65. The number of hydrogen-bond donors (Lipinski definition) is 0. The number of hydrogen-bond acceptors (Lipinski definition) is 6. The van der Waals surface area contributed by atoms with Crippen LogP contribution in [0.25, 0.3) is 19.5 Å². The Hall–Kier alpha value is -1.86. The van der Waals surface area contributed by atoms with Gasteiger partial charge in [0.2, 0.25) is 0 Å². The first kappa shape index (κ1) is 41.3. The lowest BCUT2D eigenvalue weighted by Gasteiger charge is -2.19. The molecule has 4 heterocycles. The van der Waals surface area contributed by atoms with Gasteiger partial charge >= 0.3 is 0 Å². The summed E-state index contributed by atoms with van der Waals surface area (Å²) in [4.78, 5) is 37.2. The predicted molar refractivity (Wildman–Crippen MR) is 232 cm³/mol. The van der Waals surface area contributed by atoms with E-state index in [9.17, 15) is 0 Å². The van der Waals surface area contributed by atoms with E-state index >= 15 is 9.59 Å². The maximum atomic E-state index is 15.3. The normalized spacial score (nSPS) is 13.9. The van der Waals surface area contributed by atoms with Crippen molar-refractivity contribution in [3.8, 4) is 19.5 Å². The summed E-state index contributed by atoms with van der Waals surface area (Å²) >= 11 is 7.04. The van der Waals surface area contributed by atoms with Crippen LogP contribution in [0.15, 0.2) is 22.9 Å². The van der Waals surface area contributed by atoms with Crippen LogP contribution >= 0.6 is 45.3 Å². The molecule has 1 aliphatic rings. The third-order valence-corrected chi connectivity index (χ3v) is 16.0. The molecule has 4 aromatic heterocycles. The van der Waals surface area contributed by atoms with Gasteiger partial charge in [0.15, 0.2) is 11.6 Å². The molecule has 0 saturated carbocycles. The van der Waals surface area contributed by atoms with Crippen molar-refractivity contribution in [2.24, 2.45) is 11.8 Å². The summed E-state index contributed by atoms with van der Waals surface area (Å²) in [6.07, 6.45) is 23.3. The molecule has 0 aromatic carbocycles. The average Bonchev–Trinajstić information content (AvgIpc) is 3.96. The number of unbranched alkanes of at least 4 members (excludes halogenated alkanes) is 8. The second-order valence-electron chi connectivity index (χ2n) is 15.4. The highest BCUT2D eigenvalue weighted by molar-refractivity contribution is 7.26. The van der Waals surface area contributed by atoms with Crippen molar-refractivity contribution in [2.45, 2.75) is 170 Å². The van der Waals surface area contributed by atoms with Crippen molar-refractivity contribution < 1.29 is 9.59 Å². The van der Waals surface area contributed by atoms with Gasteiger partial charge in [0, 0.05) is 30.6 Å². The van der Waals surface area contributed by atoms with Crippen LogP contribution in [0.3, 0.4) is 0 Å². The number of ketones is 2. The lowest BCUT2D eigenvalue weighted by molar-refractivity contribution is 0.0980. The van der Waals surface area contributed by atoms with Crippen LogP contribution in [0.5, 0.6) is 0 Å². The van der Waals surface area contributed by atoms with Gasteiger partial charge in [0.25, 0.3) is 0 Å². The molecule has 0 aliphatic heterocycles. The lowest BCUT2D eigenvalue weighted by Crippen LogP contribution is -2.22. The van der Waals surface area contributed by atoms with Crippen molar-refractivity contribution in [3.05, 3.63) is 66.0 Å². The predicted octanol–water partition coefficient (Wildman–Crippen LogP) is 15.8. The number of aryl methyl sites for hydroxylation is 2. The van der Waals surface area contributed by atoms with E-state index in [-0.39, 0.29) is 11.6 Å². The SMILES string of the molecule is CCCCCCc1csc(-c2sc(-c3cc(CCCCCC)cs3)c3c2C(=O)c2c(CC(CC)CCCC)sc(CC(CC)CCCC)c2C3=O)c1. The first-order valence-electron chi connectivity index (χ1n) is 20.9. The molecular formula is C46H64O2S4. The van der Waals surface area contributed by atoms with Crippen LogP contribution < -0.4 is 0 Å². The zero-order valence-electron chi connectivity index (χ0n) is 33.1. The van der Waals surface area contributed by atoms with Crippen molar-refractivity contribution in [2.75, 3.05) is 0 Å². The maximum Gasteiger partial charge on any atom is 0.197 e. The number of thiophene rings is 4. The Morgan fingerprint density at radius 2 is 0.923 bits per heavy atom. The zero-order valence-corrected chi connectivity index (χ0v) is 36.3. The van der Waals surface area contributed by atoms with Crippen molar-refractivity contribution in [1.29, 1.82) is 0 Å². The van der Waals surface area contributed by atoms with Crippen LogP contribution in [-0.2, 0) is 25.7 Å². The minimum absolute atomic E-state index is 0.112. The molecule has 2 unspecified atom stereocenters. The molecule has 2 atom stereocenters. The van der Waals surface area contributed by atoms with E-state index < -0.39 is 0 Å². The summed E-state index contributed by atoms with van der Waals surface area (Å²) in [5.74, 6) is 1.30. The highest BCUT2D eigenvalue weighted by Crippen LogP contribution is 2.51. The van der Waals surface area contributed by atoms with E-state index in [4.69, 9.17) is 0 Å². The quantitative estimate of drug-likeness (QED) is 0.0585. The fourth-order valence-corrected chi connectivity index (χ4v) is 12.9. The molecule has 0 saturated heterocycles. The molecule has 1 aliphatic carbocycles. The third kappa shape index (κ3) is 9.86. The minimum Gasteiger partial charge on any atom is -0.288 e. The van der Waals surface area contributed by atoms with E-state index in [0.717, 1.165) is 69.2 Å². The van der Waals surface area contributed by atoms with E-state index in [1.165, 1.54) is 111 Å². The van der Waals surface area contributed by atoms with Gasteiger partial charge in [-0.1, -0.05) is 131 Å². The summed E-state index contributed by atoms with van der Waals surface area (Å²) in [7, 11) is 0. The number of fused-ring (bicyclic) bond motifs is 2. The Balaban J connectivity index is 1.62. The average molecular weight is 777 g/mol. The van der Waals surface area contributed by atoms with Crippen LogP contribution in [0, 0.1) is 11.8 Å². The van der Waals surface area contributed by atoms with Gasteiger partial charge in [-0.15, -0.1) is 45.3 Å². The largest absolute Gasteiger partial charge is 0.288 e. The topological polar surface area (TPSA) is 34.1 Å². The molecule has 0 radical (unpaired) electrons. The molecule has 2 nitrogen and oxygen atoms in total. The fraction of sp³-hybridized carbons (Fsp3) is 0.609. The number of carbonyl (C=O) groups is 2. The van der Waals surface area contributed by atoms with Crippen LogP contribution in [0.4, 0.5) is 0 Å². The summed E-state index contributed by atoms with van der Waals surface area (Å²) < 4.78 is 0. The van der Waals surface area contributed by atoms with Gasteiger partial charge in [0.05, 0.1) is 20.9 Å². The maximum absolute atomic E-state index is 15.3. The first-order valence-corrected chi connectivity index (χ1v) is 24.3. The summed E-state index contributed by atoms with van der Waals surface area (Å²) in [5, 5.41) is 4.59. The number of rotatable bonds is 24. The Morgan fingerprint density at radius 3 is 1.31 bits per heavy atom. The van der Waals surface area contributed by atoms with Gasteiger partial charge < -0.3 is 0 Å². The molecule has 5 rings (SSSR count). The zero-order chi connectivity index (χ0) is 37.0. The Bertz CT molecular complexity index is 1610. The van der Waals surface area contributed by atoms with E-state index in [0.29, 0.717) is 23.0 Å². The van der Waals surface area contributed by atoms with Crippen molar-refractivity contribution >= 4 is 56.9 Å². The molecular weight excluding hydrogens is 713 g/mol. The number of carbonyl (C=O) groups excluding carboxylic acids is 2. The molecule has 0 spiro atoms. The standard InChI is InChI=1S/C46H64O2S4/c1-7-13-17-19-23-33-27-37(49-29-33)45-41-42(46(52-45)38-28-34(30-50-38)24-20-18-14-8-2)44(48)40-36(26-32(12-6)22-16-10-4)51-35(39(40)43(41)47)25-31(11-5)21-15-9-3/h27-32H,7-26H2,1-6H3. The Kier molecular flexibility index (Phi) is 16.5. The Labute approximate surface area is 331 Å². The van der Waals surface area contributed by atoms with E-state index in [1.54, 1.807) is 34.0 Å². The van der Waals surface area contributed by atoms with Crippen LogP contribution in [-0.4, -0.2) is 11.6 Å². The Morgan fingerprint density at radius 1 is 0.500 bits per heavy atom. The van der Waals surface area contributed by atoms with Crippen molar-refractivity contribution in [3.63, 3.8) is 0 Å². The molecule has 0 bridgehead atoms. The molecule has 0 amide bonds. The highest BCUT2D eigenvalue weighted by atomic mass is 32.1. The second-order valence-corrected chi connectivity index (χ2v) is 19.4. The monoisotopic (exact) mass is 776 g/mol. The van der Waals surface area contributed by atoms with Gasteiger partial charge in [-0.3, -0.25) is 9.59 Å². The highest BCUT2D eigenvalue weighted by Gasteiger charge is 2.42. The van der Waals surface area contributed by atoms with Gasteiger partial charge in [0.1, 0.15) is 0 Å². The van der Waals surface area contributed by atoms with E-state index in [1.807, 2.05) is 11.3 Å². The first-order chi connectivity index (χ1) is 25.4. The summed E-state index contributed by atoms with van der Waals surface area (Å²) in [6.45, 7) is 13.6. The van der Waals surface area contributed by atoms with Crippen LogP contribution in [0.1, 0.15) is 197 Å². The van der Waals surface area contributed by atoms with Crippen LogP contribution in [0.2, 0.25) is 0 Å². The molecule has 284 valence electrons. The fourth-order valence-electron chi connectivity index (χ4n) is 7.93. The molecule has 0 fully saturated rings. The van der Waals surface area contributed by atoms with Crippen molar-refractivity contribution in [1.82, 2.24) is 0 Å². The molecule has 6 heteroatoms. The third-order valence-electron chi connectivity index (χ3n) is 11.3. The second kappa shape index (κ2) is 20.7. The summed E-state index contributed by atoms with van der Waals surface area (Å²) in [5.41, 5.74) is 5.64. The lowest BCUT2D eigenvalue weighted by atomic mass is 9.81. The van der Waals surface area contributed by atoms with Gasteiger partial charge in [-0.25, -0.2) is 0 Å². The van der Waals surface area contributed by atoms with Gasteiger partial charge in [-0.05, 0) is 84.4 Å². The smallest absolute Gasteiger partial charge is 0.197 e. The van der Waals surface area contributed by atoms with Gasteiger partial charge in [-0.2, -0.15) is 0 Å². The molecule has 4 aromatic rings. The minimum atomic E-state index is 0.112.